The monoisotopic (exact) mass is 768 g/mol. The maximum Gasteiger partial charge on any atom is 2.00 e. The van der Waals surface area contributed by atoms with E-state index in [4.69, 9.17) is 9.47 Å². The van der Waals surface area contributed by atoms with Gasteiger partial charge < -0.3 is 29.3 Å². The Morgan fingerprint density at radius 2 is 0.780 bits per heavy atom. The molecular weight excluding hydrogens is 713 g/mol. The van der Waals surface area contributed by atoms with E-state index < -0.39 is 23.9 Å². The van der Waals surface area contributed by atoms with Gasteiger partial charge in [-0.15, -0.1) is 0 Å². The molecule has 9 heteroatoms. The summed E-state index contributed by atoms with van der Waals surface area (Å²) in [6.07, 6.45) is 27.6. The molecule has 0 spiro atoms. The fourth-order valence-electron chi connectivity index (χ4n) is 3.70. The Morgan fingerprint density at radius 1 is 0.488 bits per heavy atom. The predicted molar refractivity (Wildman–Crippen MR) is 153 cm³/mol. The topological polar surface area (TPSA) is 133 Å². The van der Waals surface area contributed by atoms with Crippen LogP contribution < -0.4 is 10.2 Å². The smallest absolute Gasteiger partial charge is 0.550 e. The first kappa shape index (κ1) is 43.7. The van der Waals surface area contributed by atoms with Crippen LogP contribution in [0.4, 0.5) is 0 Å². The number of carbonyl (C=O) groups is 4. The van der Waals surface area contributed by atoms with E-state index >= 15 is 0 Å². The van der Waals surface area contributed by atoms with Gasteiger partial charge in [-0.05, 0) is 50.7 Å². The van der Waals surface area contributed by atoms with E-state index in [0.29, 0.717) is 0 Å². The molecule has 8 nitrogen and oxygen atoms in total. The van der Waals surface area contributed by atoms with E-state index in [1.54, 1.807) is 0 Å². The molecule has 232 valence electrons. The number of carboxylic acids is 2. The van der Waals surface area contributed by atoms with Crippen LogP contribution in [-0.2, 0) is 56.3 Å². The van der Waals surface area contributed by atoms with E-state index in [2.05, 4.69) is 13.8 Å². The molecule has 0 aromatic carbocycles. The second-order valence-electron chi connectivity index (χ2n) is 9.99. The summed E-state index contributed by atoms with van der Waals surface area (Å²) in [6, 6.07) is 0. The average Bonchev–Trinajstić information content (AvgIpc) is 2.92. The number of esters is 2. The fraction of sp³-hybridized carbons (Fsp3) is 0.750. The van der Waals surface area contributed by atoms with Crippen LogP contribution in [0.3, 0.4) is 0 Å². The van der Waals surface area contributed by atoms with Gasteiger partial charge in [-0.2, -0.15) is 0 Å². The zero-order valence-electron chi connectivity index (χ0n) is 25.8. The van der Waals surface area contributed by atoms with Crippen molar-refractivity contribution in [2.75, 3.05) is 0 Å². The van der Waals surface area contributed by atoms with Gasteiger partial charge >= 0.3 is 39.6 Å². The van der Waals surface area contributed by atoms with Crippen molar-refractivity contribution in [1.29, 1.82) is 0 Å². The largest absolute Gasteiger partial charge is 2.00 e. The van der Waals surface area contributed by atoms with Gasteiger partial charge in [-0.1, -0.05) is 104 Å². The maximum atomic E-state index is 11.0. The second-order valence-corrected chi connectivity index (χ2v) is 9.99. The molecule has 0 unspecified atom stereocenters. The molecule has 0 rings (SSSR count). The van der Waals surface area contributed by atoms with Gasteiger partial charge in [0, 0.05) is 11.9 Å². The zero-order valence-corrected chi connectivity index (χ0v) is 31.3. The first-order chi connectivity index (χ1) is 19.3. The van der Waals surface area contributed by atoms with Crippen molar-refractivity contribution < 1.29 is 66.5 Å². The summed E-state index contributed by atoms with van der Waals surface area (Å²) < 4.78 is 9.51. The number of rotatable bonds is 26. The molecule has 0 saturated heterocycles. The summed E-state index contributed by atoms with van der Waals surface area (Å²) in [5.74, 6) is -3.52. The third kappa shape index (κ3) is 42.9. The van der Waals surface area contributed by atoms with Crippen molar-refractivity contribution in [2.45, 2.75) is 155 Å². The Hall–Kier alpha value is -1.70. The summed E-state index contributed by atoms with van der Waals surface area (Å²) in [5, 5.41) is 20.3. The van der Waals surface area contributed by atoms with Crippen molar-refractivity contribution in [3.05, 3.63) is 24.7 Å². The molecular formula is C32H54HgO8. The molecule has 0 radical (unpaired) electrons. The summed E-state index contributed by atoms with van der Waals surface area (Å²) in [6.45, 7) is 4.44. The molecule has 0 amide bonds. The van der Waals surface area contributed by atoms with Gasteiger partial charge in [-0.3, -0.25) is 9.59 Å². The van der Waals surface area contributed by atoms with Crippen LogP contribution in [0.5, 0.6) is 0 Å². The van der Waals surface area contributed by atoms with E-state index in [-0.39, 0.29) is 53.4 Å². The van der Waals surface area contributed by atoms with Gasteiger partial charge in [0.1, 0.15) is 0 Å². The molecule has 0 aromatic heterocycles. The number of carbonyl (C=O) groups excluding carboxylic acids is 4. The van der Waals surface area contributed by atoms with Crippen molar-refractivity contribution in [3.8, 4) is 0 Å². The fourth-order valence-corrected chi connectivity index (χ4v) is 3.70. The Balaban J connectivity index is -0.000000688. The summed E-state index contributed by atoms with van der Waals surface area (Å²) >= 11 is 0. The molecule has 0 N–H and O–H groups in total. The number of allylic oxidation sites excluding steroid dienone is 2. The van der Waals surface area contributed by atoms with Crippen molar-refractivity contribution in [2.24, 2.45) is 0 Å². The molecule has 0 atom stereocenters. The van der Waals surface area contributed by atoms with Crippen molar-refractivity contribution in [1.82, 2.24) is 0 Å². The summed E-state index contributed by atoms with van der Waals surface area (Å²) in [7, 11) is 0. The Kier molecular flexibility index (Phi) is 38.8. The van der Waals surface area contributed by atoms with Gasteiger partial charge in [0.05, 0.1) is 25.4 Å². The van der Waals surface area contributed by atoms with E-state index in [0.717, 1.165) is 25.7 Å². The molecule has 0 aromatic rings. The van der Waals surface area contributed by atoms with E-state index in [1.807, 2.05) is 12.2 Å². The molecule has 0 saturated carbocycles. The van der Waals surface area contributed by atoms with Crippen LogP contribution in [0.2, 0.25) is 0 Å². The first-order valence-electron chi connectivity index (χ1n) is 15.4. The quantitative estimate of drug-likeness (QED) is 0.0440. The van der Waals surface area contributed by atoms with Crippen LogP contribution in [0.25, 0.3) is 0 Å². The molecule has 0 heterocycles. The number of hydrogen-bond donors (Lipinski definition) is 0. The Bertz CT molecular complexity index is 633. The van der Waals surface area contributed by atoms with E-state index in [1.165, 1.54) is 102 Å². The minimum absolute atomic E-state index is 0. The minimum atomic E-state index is -1.23. The number of hydrogen-bond acceptors (Lipinski definition) is 8. The Morgan fingerprint density at radius 3 is 1.07 bits per heavy atom. The first-order valence-corrected chi connectivity index (χ1v) is 15.4. The molecule has 0 fully saturated rings. The van der Waals surface area contributed by atoms with Gasteiger partial charge in [0.25, 0.3) is 0 Å². The van der Waals surface area contributed by atoms with Crippen LogP contribution in [0, 0.1) is 0 Å². The number of aliphatic carboxylic acids is 2. The summed E-state index contributed by atoms with van der Waals surface area (Å²) in [5.41, 5.74) is 0. The molecule has 0 aliphatic carbocycles. The SMILES string of the molecule is CCCCCCCCCCC=COC(=O)CCC(=O)[O-].CCCCCCCCCCC=COC(=O)CCC(=O)[O-].[Hg+2]. The normalized spacial score (nSPS) is 10.6. The van der Waals surface area contributed by atoms with Crippen molar-refractivity contribution >= 4 is 23.9 Å². The van der Waals surface area contributed by atoms with Crippen LogP contribution >= 0.6 is 0 Å². The van der Waals surface area contributed by atoms with Crippen LogP contribution in [-0.4, -0.2) is 23.9 Å². The molecule has 41 heavy (non-hydrogen) atoms. The molecule has 0 aliphatic rings. The zero-order chi connectivity index (χ0) is 30.1. The van der Waals surface area contributed by atoms with Gasteiger partial charge in [-0.25, -0.2) is 0 Å². The van der Waals surface area contributed by atoms with Gasteiger partial charge in [0.2, 0.25) is 0 Å². The third-order valence-corrected chi connectivity index (χ3v) is 6.11. The predicted octanol–water partition coefficient (Wildman–Crippen LogP) is 6.21. The third-order valence-electron chi connectivity index (χ3n) is 6.11. The van der Waals surface area contributed by atoms with Crippen LogP contribution in [0.15, 0.2) is 24.7 Å². The number of unbranched alkanes of at least 4 members (excludes halogenated alkanes) is 16. The number of carboxylic acid groups (broad SMARTS) is 2. The number of ether oxygens (including phenoxy) is 2. The maximum absolute atomic E-state index is 11.0. The average molecular weight is 767 g/mol. The second kappa shape index (κ2) is 36.3. The van der Waals surface area contributed by atoms with E-state index in [9.17, 15) is 29.4 Å². The van der Waals surface area contributed by atoms with Crippen LogP contribution in [0.1, 0.15) is 155 Å². The Labute approximate surface area is 269 Å². The van der Waals surface area contributed by atoms with Crippen molar-refractivity contribution in [3.63, 3.8) is 0 Å². The standard InChI is InChI=1S/2C16H28O4.Hg/c2*1-2-3-4-5-6-7-8-9-10-11-14-20-16(19)13-12-15(17)18;/h2*11,14H,2-10,12-13H2,1H3,(H,17,18);/q;;+2/p-2. The molecule has 0 bridgehead atoms. The minimum Gasteiger partial charge on any atom is -0.550 e. The van der Waals surface area contributed by atoms with Gasteiger partial charge in [0.15, 0.2) is 0 Å². The molecule has 0 aliphatic heterocycles. The summed E-state index contributed by atoms with van der Waals surface area (Å²) in [4.78, 5) is 42.3.